The van der Waals surface area contributed by atoms with Crippen LogP contribution in [0.5, 0.6) is 0 Å². The molecule has 0 bridgehead atoms. The van der Waals surface area contributed by atoms with Crippen molar-refractivity contribution in [3.63, 3.8) is 0 Å². The average Bonchev–Trinajstić information content (AvgIpc) is 2.85. The van der Waals surface area contributed by atoms with Crippen molar-refractivity contribution in [3.05, 3.63) is 29.8 Å². The van der Waals surface area contributed by atoms with Crippen LogP contribution in [0.3, 0.4) is 0 Å². The van der Waals surface area contributed by atoms with Crippen LogP contribution < -0.4 is 5.01 Å². The first-order chi connectivity index (χ1) is 12.2. The van der Waals surface area contributed by atoms with E-state index in [4.69, 9.17) is 0 Å². The first-order valence-electron chi connectivity index (χ1n) is 8.92. The molecule has 0 aromatic heterocycles. The second kappa shape index (κ2) is 6.48. The van der Waals surface area contributed by atoms with Crippen LogP contribution in [0.2, 0.25) is 0 Å². The summed E-state index contributed by atoms with van der Waals surface area (Å²) in [5, 5.41) is 26.0. The number of nitrogens with zero attached hydrogens (tertiary/aromatic N) is 3. The van der Waals surface area contributed by atoms with Crippen LogP contribution >= 0.6 is 0 Å². The summed E-state index contributed by atoms with van der Waals surface area (Å²) in [5.41, 5.74) is -1.27. The molecule has 7 heteroatoms. The van der Waals surface area contributed by atoms with Crippen LogP contribution in [0.1, 0.15) is 50.4 Å². The maximum atomic E-state index is 12.8. The molecule has 0 unspecified atom stereocenters. The smallest absolute Gasteiger partial charge is 0.285 e. The number of benzene rings is 1. The lowest BCUT2D eigenvalue weighted by molar-refractivity contribution is -0.129. The van der Waals surface area contributed by atoms with Crippen molar-refractivity contribution in [2.45, 2.75) is 51.2 Å². The van der Waals surface area contributed by atoms with Gasteiger partial charge in [-0.2, -0.15) is 10.1 Å². The lowest BCUT2D eigenvalue weighted by Gasteiger charge is -2.36. The molecule has 2 atom stereocenters. The van der Waals surface area contributed by atoms with Gasteiger partial charge in [0.05, 0.1) is 17.0 Å². The largest absolute Gasteiger partial charge is 0.388 e. The number of amides is 2. The normalized spacial score (nSPS) is 29.1. The molecular weight excluding hydrogens is 334 g/mol. The molecule has 0 aliphatic carbocycles. The number of rotatable bonds is 3. The van der Waals surface area contributed by atoms with Crippen LogP contribution in [0.4, 0.5) is 5.69 Å². The molecule has 140 valence electrons. The summed E-state index contributed by atoms with van der Waals surface area (Å²) in [6, 6.07) is 6.64. The number of carbonyl (C=O) groups excluding carboxylic acids is 2. The standard InChI is InChI=1S/C19H25N3O4/c1-4-19(26)13(2)20-22(17(19)24)15-8-5-7-14(11-15)16(23)21-10-6-9-18(3,25)12-21/h5,7-8,11,25-26H,4,6,9-10,12H2,1-3H3/t18-,19-/m0/s1. The van der Waals surface area contributed by atoms with Gasteiger partial charge in [0.1, 0.15) is 0 Å². The van der Waals surface area contributed by atoms with Gasteiger partial charge in [-0.1, -0.05) is 13.0 Å². The highest BCUT2D eigenvalue weighted by atomic mass is 16.3. The third-order valence-corrected chi connectivity index (χ3v) is 5.21. The number of β-amino-alcohol motifs (C(OH)–C–C–N with tert-alkyl or cyclic N) is 1. The van der Waals surface area contributed by atoms with Gasteiger partial charge < -0.3 is 15.1 Å². The van der Waals surface area contributed by atoms with Gasteiger partial charge in [-0.15, -0.1) is 0 Å². The minimum absolute atomic E-state index is 0.190. The summed E-state index contributed by atoms with van der Waals surface area (Å²) in [7, 11) is 0. The second-order valence-corrected chi connectivity index (χ2v) is 7.39. The van der Waals surface area contributed by atoms with Gasteiger partial charge in [0.25, 0.3) is 11.8 Å². The molecule has 1 aromatic carbocycles. The highest BCUT2D eigenvalue weighted by molar-refractivity contribution is 6.21. The molecule has 26 heavy (non-hydrogen) atoms. The van der Waals surface area contributed by atoms with Crippen LogP contribution in [0, 0.1) is 0 Å². The Kier molecular flexibility index (Phi) is 4.62. The number of likely N-dealkylation sites (tertiary alicyclic amines) is 1. The fourth-order valence-corrected chi connectivity index (χ4v) is 3.54. The molecule has 2 N–H and O–H groups in total. The minimum atomic E-state index is -1.59. The van der Waals surface area contributed by atoms with E-state index in [2.05, 4.69) is 5.10 Å². The molecule has 2 aliphatic rings. The Bertz CT molecular complexity index is 774. The third-order valence-electron chi connectivity index (χ3n) is 5.21. The summed E-state index contributed by atoms with van der Waals surface area (Å²) in [6.45, 7) is 5.95. The quantitative estimate of drug-likeness (QED) is 0.856. The zero-order valence-corrected chi connectivity index (χ0v) is 15.4. The molecule has 2 aliphatic heterocycles. The van der Waals surface area contributed by atoms with Gasteiger partial charge in [0.15, 0.2) is 5.60 Å². The maximum Gasteiger partial charge on any atom is 0.285 e. The summed E-state index contributed by atoms with van der Waals surface area (Å²) in [4.78, 5) is 27.0. The van der Waals surface area contributed by atoms with Crippen molar-refractivity contribution in [2.75, 3.05) is 18.1 Å². The van der Waals surface area contributed by atoms with E-state index >= 15 is 0 Å². The maximum absolute atomic E-state index is 12.8. The average molecular weight is 359 g/mol. The molecule has 1 fully saturated rings. The Balaban J connectivity index is 1.86. The molecule has 1 aromatic rings. The van der Waals surface area contributed by atoms with Crippen LogP contribution in [-0.4, -0.2) is 56.9 Å². The number of hydrogen-bond acceptors (Lipinski definition) is 5. The van der Waals surface area contributed by atoms with Crippen molar-refractivity contribution in [1.82, 2.24) is 4.90 Å². The van der Waals surface area contributed by atoms with Crippen LogP contribution in [-0.2, 0) is 4.79 Å². The van der Waals surface area contributed by atoms with Crippen LogP contribution in [0.25, 0.3) is 0 Å². The van der Waals surface area contributed by atoms with Crippen molar-refractivity contribution < 1.29 is 19.8 Å². The number of aliphatic hydroxyl groups is 2. The van der Waals surface area contributed by atoms with E-state index in [1.54, 1.807) is 49.9 Å². The Labute approximate surface area is 152 Å². The molecule has 3 rings (SSSR count). The molecule has 2 amide bonds. The summed E-state index contributed by atoms with van der Waals surface area (Å²) < 4.78 is 0. The molecule has 1 saturated heterocycles. The number of piperidine rings is 1. The third kappa shape index (κ3) is 3.12. The Morgan fingerprint density at radius 1 is 1.35 bits per heavy atom. The van der Waals surface area contributed by atoms with Gasteiger partial charge in [-0.3, -0.25) is 9.59 Å². The Hall–Kier alpha value is -2.25. The zero-order valence-electron chi connectivity index (χ0n) is 15.4. The summed E-state index contributed by atoms with van der Waals surface area (Å²) in [5.74, 6) is -0.701. The van der Waals surface area contributed by atoms with E-state index in [1.165, 1.54) is 0 Å². The van der Waals surface area contributed by atoms with Crippen molar-refractivity contribution in [2.24, 2.45) is 5.10 Å². The number of anilines is 1. The van der Waals surface area contributed by atoms with E-state index in [0.29, 0.717) is 29.9 Å². The molecule has 0 radical (unpaired) electrons. The van der Waals surface area contributed by atoms with E-state index in [0.717, 1.165) is 11.4 Å². The van der Waals surface area contributed by atoms with Gasteiger partial charge >= 0.3 is 0 Å². The van der Waals surface area contributed by atoms with Crippen molar-refractivity contribution >= 4 is 23.2 Å². The highest BCUT2D eigenvalue weighted by Gasteiger charge is 2.46. The highest BCUT2D eigenvalue weighted by Crippen LogP contribution is 2.30. The summed E-state index contributed by atoms with van der Waals surface area (Å²) in [6.07, 6.45) is 1.65. The van der Waals surface area contributed by atoms with Gasteiger partial charge in [0.2, 0.25) is 0 Å². The van der Waals surface area contributed by atoms with Gasteiger partial charge in [-0.05, 0) is 51.3 Å². The number of carbonyl (C=O) groups is 2. The fourth-order valence-electron chi connectivity index (χ4n) is 3.54. The van der Waals surface area contributed by atoms with Crippen molar-refractivity contribution in [3.8, 4) is 0 Å². The number of hydrogen-bond donors (Lipinski definition) is 2. The topological polar surface area (TPSA) is 93.4 Å². The predicted molar refractivity (Wildman–Crippen MR) is 98.0 cm³/mol. The van der Waals surface area contributed by atoms with Gasteiger partial charge in [-0.25, -0.2) is 0 Å². The molecule has 0 saturated carbocycles. The SMILES string of the molecule is CC[C@@]1(O)C(=O)N(c2cccc(C(=O)N3CCC[C@](C)(O)C3)c2)N=C1C. The first-order valence-corrected chi connectivity index (χ1v) is 8.92. The molecule has 2 heterocycles. The van der Waals surface area contributed by atoms with E-state index in [9.17, 15) is 19.8 Å². The first kappa shape index (κ1) is 18.5. The number of hydrazone groups is 1. The summed E-state index contributed by atoms with van der Waals surface area (Å²) >= 11 is 0. The zero-order chi connectivity index (χ0) is 19.1. The lowest BCUT2D eigenvalue weighted by Crippen LogP contribution is -2.48. The van der Waals surface area contributed by atoms with E-state index in [-0.39, 0.29) is 18.9 Å². The Morgan fingerprint density at radius 2 is 2.08 bits per heavy atom. The molecule has 0 spiro atoms. The fraction of sp³-hybridized carbons (Fsp3) is 0.526. The Morgan fingerprint density at radius 3 is 2.69 bits per heavy atom. The van der Waals surface area contributed by atoms with Gasteiger partial charge in [0, 0.05) is 18.7 Å². The molecular formula is C19H25N3O4. The van der Waals surface area contributed by atoms with E-state index < -0.39 is 17.1 Å². The monoisotopic (exact) mass is 359 g/mol. The van der Waals surface area contributed by atoms with Crippen LogP contribution in [0.15, 0.2) is 29.4 Å². The predicted octanol–water partition coefficient (Wildman–Crippen LogP) is 1.54. The van der Waals surface area contributed by atoms with Crippen molar-refractivity contribution in [1.29, 1.82) is 0 Å². The molecule has 7 nitrogen and oxygen atoms in total. The van der Waals surface area contributed by atoms with E-state index in [1.807, 2.05) is 0 Å². The minimum Gasteiger partial charge on any atom is -0.388 e. The lowest BCUT2D eigenvalue weighted by atomic mass is 9.94. The second-order valence-electron chi connectivity index (χ2n) is 7.39.